The van der Waals surface area contributed by atoms with E-state index in [4.69, 9.17) is 0 Å². The first-order valence-electron chi connectivity index (χ1n) is 5.53. The van der Waals surface area contributed by atoms with Crippen LogP contribution in [-0.4, -0.2) is 19.2 Å². The van der Waals surface area contributed by atoms with E-state index in [1.54, 1.807) is 24.3 Å². The molecule has 1 rings (SSSR count). The monoisotopic (exact) mass is 241 g/mol. The van der Waals surface area contributed by atoms with E-state index in [2.05, 4.69) is 10.1 Å². The Hall–Kier alpha value is -1.42. The molecule has 0 amide bonds. The van der Waals surface area contributed by atoms with Crippen molar-refractivity contribution in [3.63, 3.8) is 0 Å². The zero-order chi connectivity index (χ0) is 12.7. The van der Waals surface area contributed by atoms with Gasteiger partial charge in [0.05, 0.1) is 0 Å². The van der Waals surface area contributed by atoms with E-state index in [1.165, 1.54) is 6.07 Å². The molecule has 0 radical (unpaired) electrons. The Kier molecular flexibility index (Phi) is 5.63. The Morgan fingerprint density at radius 3 is 2.65 bits per heavy atom. The average Bonchev–Trinajstić information content (AvgIpc) is 2.25. The molecule has 94 valence electrons. The van der Waals surface area contributed by atoms with Crippen molar-refractivity contribution in [1.29, 1.82) is 0 Å². The van der Waals surface area contributed by atoms with Crippen LogP contribution >= 0.6 is 0 Å². The predicted octanol–water partition coefficient (Wildman–Crippen LogP) is 3.30. The number of hydrogen-bond donors (Lipinski definition) is 1. The number of benzene rings is 1. The quantitative estimate of drug-likeness (QED) is 0.825. The third-order valence-corrected chi connectivity index (χ3v) is 2.08. The third kappa shape index (κ3) is 5.45. The SMILES string of the molecule is CC(C)NCC=Cc1ccccc1OC(F)F. The summed E-state index contributed by atoms with van der Waals surface area (Å²) in [4.78, 5) is 0. The first-order chi connectivity index (χ1) is 8.09. The molecule has 0 aliphatic heterocycles. The summed E-state index contributed by atoms with van der Waals surface area (Å²) < 4.78 is 28.7. The molecule has 0 atom stereocenters. The van der Waals surface area contributed by atoms with Crippen LogP contribution < -0.4 is 10.1 Å². The van der Waals surface area contributed by atoms with Gasteiger partial charge in [-0.1, -0.05) is 44.2 Å². The summed E-state index contributed by atoms with van der Waals surface area (Å²) in [6.07, 6.45) is 3.65. The minimum absolute atomic E-state index is 0.197. The highest BCUT2D eigenvalue weighted by Crippen LogP contribution is 2.21. The number of rotatable bonds is 6. The van der Waals surface area contributed by atoms with Crippen molar-refractivity contribution in [3.8, 4) is 5.75 Å². The van der Waals surface area contributed by atoms with Gasteiger partial charge in [-0.05, 0) is 6.07 Å². The van der Waals surface area contributed by atoms with Gasteiger partial charge in [-0.15, -0.1) is 0 Å². The van der Waals surface area contributed by atoms with Crippen molar-refractivity contribution >= 4 is 6.08 Å². The van der Waals surface area contributed by atoms with Crippen molar-refractivity contribution in [1.82, 2.24) is 5.32 Å². The molecule has 17 heavy (non-hydrogen) atoms. The van der Waals surface area contributed by atoms with Crippen molar-refractivity contribution in [2.75, 3.05) is 6.54 Å². The summed E-state index contributed by atoms with van der Waals surface area (Å²) in [5, 5.41) is 3.20. The molecule has 0 bridgehead atoms. The molecule has 0 heterocycles. The van der Waals surface area contributed by atoms with Crippen LogP contribution in [0.3, 0.4) is 0 Å². The van der Waals surface area contributed by atoms with E-state index in [-0.39, 0.29) is 5.75 Å². The van der Waals surface area contributed by atoms with E-state index in [1.807, 2.05) is 19.9 Å². The number of hydrogen-bond acceptors (Lipinski definition) is 2. The van der Waals surface area contributed by atoms with Crippen LogP contribution in [0.4, 0.5) is 8.78 Å². The van der Waals surface area contributed by atoms with Crippen molar-refractivity contribution in [2.24, 2.45) is 0 Å². The average molecular weight is 241 g/mol. The lowest BCUT2D eigenvalue weighted by Crippen LogP contribution is -2.22. The van der Waals surface area contributed by atoms with Gasteiger partial charge in [-0.2, -0.15) is 8.78 Å². The highest BCUT2D eigenvalue weighted by molar-refractivity contribution is 5.57. The molecule has 1 aromatic rings. The molecule has 0 spiro atoms. The van der Waals surface area contributed by atoms with Gasteiger partial charge in [0.2, 0.25) is 0 Å². The molecule has 2 nitrogen and oxygen atoms in total. The van der Waals surface area contributed by atoms with Gasteiger partial charge < -0.3 is 10.1 Å². The maximum Gasteiger partial charge on any atom is 0.387 e. The van der Waals surface area contributed by atoms with Gasteiger partial charge in [0.15, 0.2) is 0 Å². The van der Waals surface area contributed by atoms with E-state index >= 15 is 0 Å². The van der Waals surface area contributed by atoms with Gasteiger partial charge in [-0.25, -0.2) is 0 Å². The standard InChI is InChI=1S/C13H17F2NO/c1-10(2)16-9-5-7-11-6-3-4-8-12(11)17-13(14)15/h3-8,10,13,16H,9H2,1-2H3. The van der Waals surface area contributed by atoms with Gasteiger partial charge in [0.25, 0.3) is 0 Å². The first kappa shape index (κ1) is 13.6. The highest BCUT2D eigenvalue weighted by atomic mass is 19.3. The molecular formula is C13H17F2NO. The van der Waals surface area contributed by atoms with Crippen LogP contribution in [0.15, 0.2) is 30.3 Å². The van der Waals surface area contributed by atoms with E-state index < -0.39 is 6.61 Å². The number of para-hydroxylation sites is 1. The number of alkyl halides is 2. The lowest BCUT2D eigenvalue weighted by atomic mass is 10.2. The molecule has 0 saturated carbocycles. The molecule has 0 saturated heterocycles. The summed E-state index contributed by atoms with van der Waals surface area (Å²) in [5.41, 5.74) is 0.651. The fourth-order valence-corrected chi connectivity index (χ4v) is 1.31. The van der Waals surface area contributed by atoms with Crippen LogP contribution in [0.25, 0.3) is 6.08 Å². The van der Waals surface area contributed by atoms with Crippen LogP contribution in [0.2, 0.25) is 0 Å². The molecule has 0 aliphatic rings. The van der Waals surface area contributed by atoms with Crippen LogP contribution in [0.5, 0.6) is 5.75 Å². The minimum atomic E-state index is -2.79. The summed E-state index contributed by atoms with van der Waals surface area (Å²) >= 11 is 0. The van der Waals surface area contributed by atoms with Crippen LogP contribution in [0.1, 0.15) is 19.4 Å². The summed E-state index contributed by atoms with van der Waals surface area (Å²) in [6.45, 7) is 1.99. The molecule has 0 fully saturated rings. The number of ether oxygens (including phenoxy) is 1. The summed E-state index contributed by atoms with van der Waals surface area (Å²) in [5.74, 6) is 0.197. The van der Waals surface area contributed by atoms with Gasteiger partial charge >= 0.3 is 6.61 Å². The molecule has 1 N–H and O–H groups in total. The van der Waals surface area contributed by atoms with Gasteiger partial charge in [0, 0.05) is 18.2 Å². The lowest BCUT2D eigenvalue weighted by molar-refractivity contribution is -0.0499. The molecule has 0 aliphatic carbocycles. The molecular weight excluding hydrogens is 224 g/mol. The van der Waals surface area contributed by atoms with Crippen molar-refractivity contribution in [3.05, 3.63) is 35.9 Å². The summed E-state index contributed by atoms with van der Waals surface area (Å²) in [6, 6.07) is 7.12. The Bertz CT molecular complexity index is 364. The second-order valence-electron chi connectivity index (χ2n) is 3.88. The molecule has 0 aromatic heterocycles. The van der Waals surface area contributed by atoms with Crippen LogP contribution in [0, 0.1) is 0 Å². The Labute approximate surface area is 100 Å². The first-order valence-corrected chi connectivity index (χ1v) is 5.53. The molecule has 4 heteroatoms. The van der Waals surface area contributed by atoms with E-state index in [0.717, 1.165) is 0 Å². The smallest absolute Gasteiger partial charge is 0.387 e. The largest absolute Gasteiger partial charge is 0.434 e. The van der Waals surface area contributed by atoms with Gasteiger partial charge in [0.1, 0.15) is 5.75 Å². The fraction of sp³-hybridized carbons (Fsp3) is 0.385. The predicted molar refractivity (Wildman–Crippen MR) is 65.2 cm³/mol. The lowest BCUT2D eigenvalue weighted by Gasteiger charge is -2.07. The van der Waals surface area contributed by atoms with Crippen molar-refractivity contribution < 1.29 is 13.5 Å². The third-order valence-electron chi connectivity index (χ3n) is 2.08. The summed E-state index contributed by atoms with van der Waals surface area (Å²) in [7, 11) is 0. The maximum atomic E-state index is 12.1. The Morgan fingerprint density at radius 1 is 1.29 bits per heavy atom. The van der Waals surface area contributed by atoms with Crippen molar-refractivity contribution in [2.45, 2.75) is 26.5 Å². The Morgan fingerprint density at radius 2 is 2.00 bits per heavy atom. The maximum absolute atomic E-state index is 12.1. The normalized spacial score (nSPS) is 11.6. The zero-order valence-electron chi connectivity index (χ0n) is 9.99. The second-order valence-corrected chi connectivity index (χ2v) is 3.88. The highest BCUT2D eigenvalue weighted by Gasteiger charge is 2.06. The molecule has 0 unspecified atom stereocenters. The zero-order valence-corrected chi connectivity index (χ0v) is 9.99. The van der Waals surface area contributed by atoms with Crippen LogP contribution in [-0.2, 0) is 0 Å². The topological polar surface area (TPSA) is 21.3 Å². The van der Waals surface area contributed by atoms with E-state index in [9.17, 15) is 8.78 Å². The minimum Gasteiger partial charge on any atom is -0.434 e. The number of nitrogens with one attached hydrogen (secondary N) is 1. The second kappa shape index (κ2) is 7.01. The fourth-order valence-electron chi connectivity index (χ4n) is 1.31. The van der Waals surface area contributed by atoms with E-state index in [0.29, 0.717) is 18.2 Å². The Balaban J connectivity index is 2.63. The van der Waals surface area contributed by atoms with Gasteiger partial charge in [-0.3, -0.25) is 0 Å². The number of halogens is 2. The molecule has 1 aromatic carbocycles.